The van der Waals surface area contributed by atoms with Gasteiger partial charge in [-0.2, -0.15) is 0 Å². The molecular formula is C12H20N2O2. The van der Waals surface area contributed by atoms with E-state index in [4.69, 9.17) is 14.9 Å². The predicted octanol–water partition coefficient (Wildman–Crippen LogP) is 1.31. The van der Waals surface area contributed by atoms with Gasteiger partial charge in [-0.3, -0.25) is 4.90 Å². The Hall–Kier alpha value is -0.840. The Bertz CT molecular complexity index is 338. The maximum Gasteiger partial charge on any atom is 0.122 e. The molecule has 0 aliphatic carbocycles. The molecule has 1 aromatic rings. The van der Waals surface area contributed by atoms with Gasteiger partial charge in [-0.05, 0) is 26.0 Å². The number of furan rings is 1. The minimum atomic E-state index is -0.0426. The fraction of sp³-hybridized carbons (Fsp3) is 0.667. The van der Waals surface area contributed by atoms with E-state index in [1.54, 1.807) is 0 Å². The molecule has 16 heavy (non-hydrogen) atoms. The minimum Gasteiger partial charge on any atom is -0.465 e. The van der Waals surface area contributed by atoms with E-state index >= 15 is 0 Å². The largest absolute Gasteiger partial charge is 0.465 e. The highest BCUT2D eigenvalue weighted by atomic mass is 16.5. The van der Waals surface area contributed by atoms with E-state index in [1.165, 1.54) is 0 Å². The maximum atomic E-state index is 6.11. The number of aryl methyl sites for hydroxylation is 1. The lowest BCUT2D eigenvalue weighted by molar-refractivity contribution is -0.0205. The van der Waals surface area contributed by atoms with Crippen molar-refractivity contribution in [1.29, 1.82) is 0 Å². The molecule has 1 aliphatic rings. The van der Waals surface area contributed by atoms with E-state index in [-0.39, 0.29) is 6.04 Å². The maximum absolute atomic E-state index is 6.11. The predicted molar refractivity (Wildman–Crippen MR) is 62.2 cm³/mol. The Morgan fingerprint density at radius 2 is 2.38 bits per heavy atom. The van der Waals surface area contributed by atoms with Crippen LogP contribution in [0.25, 0.3) is 0 Å². The van der Waals surface area contributed by atoms with E-state index in [9.17, 15) is 0 Å². The Morgan fingerprint density at radius 3 is 3.00 bits per heavy atom. The molecule has 2 rings (SSSR count). The molecule has 0 amide bonds. The molecule has 4 heteroatoms. The molecule has 2 atom stereocenters. The summed E-state index contributed by atoms with van der Waals surface area (Å²) in [5.74, 6) is 1.79. The van der Waals surface area contributed by atoms with Gasteiger partial charge in [0.15, 0.2) is 0 Å². The van der Waals surface area contributed by atoms with Gasteiger partial charge in [0, 0.05) is 19.6 Å². The third-order valence-electron chi connectivity index (χ3n) is 2.91. The molecule has 2 unspecified atom stereocenters. The van der Waals surface area contributed by atoms with Crippen molar-refractivity contribution in [2.45, 2.75) is 26.0 Å². The molecular weight excluding hydrogens is 204 g/mol. The zero-order chi connectivity index (χ0) is 11.5. The van der Waals surface area contributed by atoms with Crippen LogP contribution in [0.1, 0.15) is 24.5 Å². The highest BCUT2D eigenvalue weighted by Crippen LogP contribution is 2.16. The number of hydrogen-bond acceptors (Lipinski definition) is 4. The normalized spacial score (nSPS) is 24.6. The fourth-order valence-electron chi connectivity index (χ4n) is 2.08. The summed E-state index contributed by atoms with van der Waals surface area (Å²) in [6.45, 7) is 7.57. The second-order valence-corrected chi connectivity index (χ2v) is 4.50. The van der Waals surface area contributed by atoms with Crippen molar-refractivity contribution < 1.29 is 9.15 Å². The highest BCUT2D eigenvalue weighted by Gasteiger charge is 2.20. The lowest BCUT2D eigenvalue weighted by atomic mass is 10.2. The second kappa shape index (κ2) is 4.99. The Morgan fingerprint density at radius 1 is 1.56 bits per heavy atom. The van der Waals surface area contributed by atoms with Crippen molar-refractivity contribution in [1.82, 2.24) is 4.90 Å². The molecule has 0 bridgehead atoms. The van der Waals surface area contributed by atoms with E-state index in [2.05, 4.69) is 11.8 Å². The summed E-state index contributed by atoms with van der Waals surface area (Å²) in [6.07, 6.45) is 0.305. The topological polar surface area (TPSA) is 51.6 Å². The van der Waals surface area contributed by atoms with Crippen LogP contribution in [0.3, 0.4) is 0 Å². The van der Waals surface area contributed by atoms with Gasteiger partial charge < -0.3 is 14.9 Å². The third-order valence-corrected chi connectivity index (χ3v) is 2.91. The van der Waals surface area contributed by atoms with Gasteiger partial charge in [0.2, 0.25) is 0 Å². The van der Waals surface area contributed by atoms with Crippen LogP contribution in [0.5, 0.6) is 0 Å². The molecule has 2 N–H and O–H groups in total. The summed E-state index contributed by atoms with van der Waals surface area (Å²) in [4.78, 5) is 2.33. The van der Waals surface area contributed by atoms with Crippen molar-refractivity contribution in [2.75, 3.05) is 26.2 Å². The zero-order valence-electron chi connectivity index (χ0n) is 9.98. The summed E-state index contributed by atoms with van der Waals surface area (Å²) in [7, 11) is 0. The van der Waals surface area contributed by atoms with E-state index in [1.807, 2.05) is 19.1 Å². The monoisotopic (exact) mass is 224 g/mol. The molecule has 0 aromatic carbocycles. The van der Waals surface area contributed by atoms with Gasteiger partial charge in [0.05, 0.1) is 18.8 Å². The third kappa shape index (κ3) is 2.84. The number of nitrogens with two attached hydrogens (primary N) is 1. The van der Waals surface area contributed by atoms with Gasteiger partial charge >= 0.3 is 0 Å². The first-order valence-corrected chi connectivity index (χ1v) is 5.81. The molecule has 90 valence electrons. The van der Waals surface area contributed by atoms with E-state index < -0.39 is 0 Å². The van der Waals surface area contributed by atoms with Crippen LogP contribution in [0.4, 0.5) is 0 Å². The van der Waals surface area contributed by atoms with Gasteiger partial charge in [-0.15, -0.1) is 0 Å². The molecule has 1 saturated heterocycles. The summed E-state index contributed by atoms with van der Waals surface area (Å²) in [6, 6.07) is 3.88. The highest BCUT2D eigenvalue weighted by molar-refractivity contribution is 5.09. The fourth-order valence-corrected chi connectivity index (χ4v) is 2.08. The second-order valence-electron chi connectivity index (χ2n) is 4.50. The number of morpholine rings is 1. The molecule has 2 heterocycles. The van der Waals surface area contributed by atoms with Crippen LogP contribution in [-0.4, -0.2) is 37.2 Å². The Labute approximate surface area is 96.4 Å². The van der Waals surface area contributed by atoms with Crippen molar-refractivity contribution in [3.8, 4) is 0 Å². The van der Waals surface area contributed by atoms with Crippen LogP contribution >= 0.6 is 0 Å². The first-order valence-electron chi connectivity index (χ1n) is 5.81. The summed E-state index contributed by atoms with van der Waals surface area (Å²) >= 11 is 0. The molecule has 1 aromatic heterocycles. The average molecular weight is 224 g/mol. The van der Waals surface area contributed by atoms with Gasteiger partial charge in [0.1, 0.15) is 11.5 Å². The zero-order valence-corrected chi connectivity index (χ0v) is 9.98. The number of hydrogen-bond donors (Lipinski definition) is 1. The Balaban J connectivity index is 1.89. The average Bonchev–Trinajstić information content (AvgIpc) is 2.65. The molecule has 0 radical (unpaired) electrons. The Kier molecular flexibility index (Phi) is 3.63. The standard InChI is InChI=1S/C12H20N2O2/c1-9-3-4-12(16-9)11(13)8-14-5-6-15-10(2)7-14/h3-4,10-11H,5-8,13H2,1-2H3. The summed E-state index contributed by atoms with van der Waals surface area (Å²) < 4.78 is 11.0. The quantitative estimate of drug-likeness (QED) is 0.841. The summed E-state index contributed by atoms with van der Waals surface area (Å²) in [5.41, 5.74) is 6.11. The van der Waals surface area contributed by atoms with Gasteiger partial charge in [0.25, 0.3) is 0 Å². The number of ether oxygens (including phenoxy) is 1. The number of rotatable bonds is 3. The first kappa shape index (κ1) is 11.6. The minimum absolute atomic E-state index is 0.0426. The van der Waals surface area contributed by atoms with E-state index in [0.717, 1.165) is 37.8 Å². The van der Waals surface area contributed by atoms with Crippen molar-refractivity contribution >= 4 is 0 Å². The lowest BCUT2D eigenvalue weighted by Gasteiger charge is -2.32. The molecule has 1 aliphatic heterocycles. The van der Waals surface area contributed by atoms with Crippen LogP contribution in [0.2, 0.25) is 0 Å². The SMILES string of the molecule is Cc1ccc(C(N)CN2CCOC(C)C2)o1. The van der Waals surface area contributed by atoms with Crippen molar-refractivity contribution in [3.05, 3.63) is 23.7 Å². The number of nitrogens with zero attached hydrogens (tertiary/aromatic N) is 1. The first-order chi connectivity index (χ1) is 7.65. The van der Waals surface area contributed by atoms with Crippen molar-refractivity contribution in [2.24, 2.45) is 5.73 Å². The van der Waals surface area contributed by atoms with E-state index in [0.29, 0.717) is 6.10 Å². The molecule has 4 nitrogen and oxygen atoms in total. The smallest absolute Gasteiger partial charge is 0.122 e. The summed E-state index contributed by atoms with van der Waals surface area (Å²) in [5, 5.41) is 0. The molecule has 1 fully saturated rings. The van der Waals surface area contributed by atoms with Crippen LogP contribution in [-0.2, 0) is 4.74 Å². The van der Waals surface area contributed by atoms with Crippen LogP contribution in [0, 0.1) is 6.92 Å². The van der Waals surface area contributed by atoms with Crippen LogP contribution in [0.15, 0.2) is 16.5 Å². The van der Waals surface area contributed by atoms with Gasteiger partial charge in [-0.1, -0.05) is 0 Å². The molecule has 0 spiro atoms. The molecule has 0 saturated carbocycles. The van der Waals surface area contributed by atoms with Gasteiger partial charge in [-0.25, -0.2) is 0 Å². The van der Waals surface area contributed by atoms with Crippen molar-refractivity contribution in [3.63, 3.8) is 0 Å². The van der Waals surface area contributed by atoms with Crippen LogP contribution < -0.4 is 5.73 Å². The lowest BCUT2D eigenvalue weighted by Crippen LogP contribution is -2.44.